The van der Waals surface area contributed by atoms with Gasteiger partial charge in [-0.05, 0) is 30.8 Å². The SMILES string of the molecule is CCC1=CC=C(CC(C)C)C=CC1. The summed E-state index contributed by atoms with van der Waals surface area (Å²) in [5.74, 6) is 0.757. The average Bonchev–Trinajstić information content (AvgIpc) is 2.29. The number of hydrogen-bond donors (Lipinski definition) is 0. The van der Waals surface area contributed by atoms with Crippen LogP contribution >= 0.6 is 0 Å². The van der Waals surface area contributed by atoms with E-state index >= 15 is 0 Å². The van der Waals surface area contributed by atoms with Crippen molar-refractivity contribution in [3.63, 3.8) is 0 Å². The summed E-state index contributed by atoms with van der Waals surface area (Å²) in [6.45, 7) is 6.76. The molecule has 0 aromatic heterocycles. The Balaban J connectivity index is 2.65. The minimum absolute atomic E-state index is 0.757. The lowest BCUT2D eigenvalue weighted by atomic mass is 10.0. The molecule has 0 saturated heterocycles. The van der Waals surface area contributed by atoms with Gasteiger partial charge >= 0.3 is 0 Å². The summed E-state index contributed by atoms with van der Waals surface area (Å²) in [6, 6.07) is 0. The van der Waals surface area contributed by atoms with E-state index in [-0.39, 0.29) is 0 Å². The van der Waals surface area contributed by atoms with Gasteiger partial charge in [0.25, 0.3) is 0 Å². The lowest BCUT2D eigenvalue weighted by molar-refractivity contribution is 0.650. The van der Waals surface area contributed by atoms with Gasteiger partial charge in [0.05, 0.1) is 0 Å². The van der Waals surface area contributed by atoms with Crippen molar-refractivity contribution in [2.75, 3.05) is 0 Å². The molecular weight excluding hydrogens is 156 g/mol. The zero-order valence-corrected chi connectivity index (χ0v) is 9.01. The van der Waals surface area contributed by atoms with E-state index in [0.717, 1.165) is 12.3 Å². The van der Waals surface area contributed by atoms with Gasteiger partial charge < -0.3 is 0 Å². The number of allylic oxidation sites excluding steroid dienone is 6. The van der Waals surface area contributed by atoms with Gasteiger partial charge in [0, 0.05) is 0 Å². The molecule has 0 bridgehead atoms. The molecule has 0 fully saturated rings. The normalized spacial score (nSPS) is 16.9. The molecular formula is C13H20. The summed E-state index contributed by atoms with van der Waals surface area (Å²) < 4.78 is 0. The molecule has 0 aliphatic heterocycles. The zero-order valence-electron chi connectivity index (χ0n) is 9.01. The highest BCUT2D eigenvalue weighted by Gasteiger charge is 2.00. The van der Waals surface area contributed by atoms with Crippen molar-refractivity contribution < 1.29 is 0 Å². The first-order valence-corrected chi connectivity index (χ1v) is 5.27. The van der Waals surface area contributed by atoms with Crippen LogP contribution in [0.1, 0.15) is 40.0 Å². The molecule has 0 N–H and O–H groups in total. The van der Waals surface area contributed by atoms with Gasteiger partial charge in [-0.3, -0.25) is 0 Å². The van der Waals surface area contributed by atoms with Crippen molar-refractivity contribution in [1.29, 1.82) is 0 Å². The minimum atomic E-state index is 0.757. The summed E-state index contributed by atoms with van der Waals surface area (Å²) >= 11 is 0. The summed E-state index contributed by atoms with van der Waals surface area (Å²) in [7, 11) is 0. The fourth-order valence-electron chi connectivity index (χ4n) is 1.58. The van der Waals surface area contributed by atoms with Crippen LogP contribution in [0.15, 0.2) is 35.5 Å². The van der Waals surface area contributed by atoms with E-state index in [9.17, 15) is 0 Å². The topological polar surface area (TPSA) is 0 Å². The summed E-state index contributed by atoms with van der Waals surface area (Å²) in [4.78, 5) is 0. The third-order valence-electron chi connectivity index (χ3n) is 2.34. The average molecular weight is 176 g/mol. The van der Waals surface area contributed by atoms with Gasteiger partial charge in [-0.25, -0.2) is 0 Å². The summed E-state index contributed by atoms with van der Waals surface area (Å²) in [5, 5.41) is 0. The van der Waals surface area contributed by atoms with E-state index < -0.39 is 0 Å². The van der Waals surface area contributed by atoms with E-state index in [2.05, 4.69) is 45.1 Å². The third-order valence-corrected chi connectivity index (χ3v) is 2.34. The molecule has 13 heavy (non-hydrogen) atoms. The van der Waals surface area contributed by atoms with Crippen molar-refractivity contribution in [1.82, 2.24) is 0 Å². The smallest absolute Gasteiger partial charge is 0.0133 e. The van der Waals surface area contributed by atoms with Gasteiger partial charge in [0.15, 0.2) is 0 Å². The Hall–Kier alpha value is -0.780. The molecule has 0 spiro atoms. The van der Waals surface area contributed by atoms with Crippen molar-refractivity contribution >= 4 is 0 Å². The first-order valence-electron chi connectivity index (χ1n) is 5.27. The Morgan fingerprint density at radius 3 is 2.69 bits per heavy atom. The Bertz CT molecular complexity index is 239. The van der Waals surface area contributed by atoms with Crippen molar-refractivity contribution in [3.05, 3.63) is 35.5 Å². The van der Waals surface area contributed by atoms with E-state index in [1.165, 1.54) is 24.0 Å². The van der Waals surface area contributed by atoms with Gasteiger partial charge in [-0.1, -0.05) is 50.6 Å². The van der Waals surface area contributed by atoms with E-state index in [4.69, 9.17) is 0 Å². The van der Waals surface area contributed by atoms with Gasteiger partial charge in [0.1, 0.15) is 0 Å². The first-order chi connectivity index (χ1) is 6.22. The molecule has 0 radical (unpaired) electrons. The first kappa shape index (κ1) is 10.3. The van der Waals surface area contributed by atoms with Gasteiger partial charge in [0.2, 0.25) is 0 Å². The number of hydrogen-bond acceptors (Lipinski definition) is 0. The zero-order chi connectivity index (χ0) is 9.68. The van der Waals surface area contributed by atoms with Gasteiger partial charge in [-0.15, -0.1) is 0 Å². The Kier molecular flexibility index (Phi) is 4.01. The van der Waals surface area contributed by atoms with Crippen LogP contribution in [0, 0.1) is 5.92 Å². The van der Waals surface area contributed by atoms with E-state index in [1.807, 2.05) is 0 Å². The quantitative estimate of drug-likeness (QED) is 0.603. The maximum atomic E-state index is 2.29. The molecule has 0 amide bonds. The molecule has 0 aromatic carbocycles. The fraction of sp³-hybridized carbons (Fsp3) is 0.538. The van der Waals surface area contributed by atoms with Crippen LogP contribution < -0.4 is 0 Å². The molecule has 0 unspecified atom stereocenters. The molecule has 0 atom stereocenters. The Morgan fingerprint density at radius 2 is 2.08 bits per heavy atom. The minimum Gasteiger partial charge on any atom is -0.0802 e. The second-order valence-electron chi connectivity index (χ2n) is 4.12. The summed E-state index contributed by atoms with van der Waals surface area (Å²) in [5.41, 5.74) is 3.01. The maximum Gasteiger partial charge on any atom is -0.0133 e. The van der Waals surface area contributed by atoms with Crippen molar-refractivity contribution in [3.8, 4) is 0 Å². The third kappa shape index (κ3) is 3.63. The van der Waals surface area contributed by atoms with E-state index in [0.29, 0.717) is 0 Å². The maximum absolute atomic E-state index is 2.29. The van der Waals surface area contributed by atoms with Gasteiger partial charge in [-0.2, -0.15) is 0 Å². The fourth-order valence-corrected chi connectivity index (χ4v) is 1.58. The largest absolute Gasteiger partial charge is 0.0802 e. The van der Waals surface area contributed by atoms with Crippen LogP contribution in [0.2, 0.25) is 0 Å². The predicted molar refractivity (Wildman–Crippen MR) is 59.7 cm³/mol. The second-order valence-corrected chi connectivity index (χ2v) is 4.12. The molecule has 72 valence electrons. The predicted octanol–water partition coefficient (Wildman–Crippen LogP) is 4.26. The Morgan fingerprint density at radius 1 is 1.31 bits per heavy atom. The second kappa shape index (κ2) is 5.06. The molecule has 0 heteroatoms. The van der Waals surface area contributed by atoms with Crippen LogP contribution in [0.4, 0.5) is 0 Å². The molecule has 0 saturated carbocycles. The molecule has 1 rings (SSSR count). The van der Waals surface area contributed by atoms with Crippen molar-refractivity contribution in [2.24, 2.45) is 5.92 Å². The highest BCUT2D eigenvalue weighted by molar-refractivity contribution is 5.30. The van der Waals surface area contributed by atoms with Crippen LogP contribution in [0.25, 0.3) is 0 Å². The Labute approximate surface area is 82.0 Å². The molecule has 1 aliphatic rings. The molecule has 1 aliphatic carbocycles. The highest BCUT2D eigenvalue weighted by Crippen LogP contribution is 2.18. The summed E-state index contributed by atoms with van der Waals surface area (Å²) in [6.07, 6.45) is 12.6. The van der Waals surface area contributed by atoms with Crippen molar-refractivity contribution in [2.45, 2.75) is 40.0 Å². The van der Waals surface area contributed by atoms with Crippen LogP contribution in [0.5, 0.6) is 0 Å². The van der Waals surface area contributed by atoms with Crippen LogP contribution in [-0.4, -0.2) is 0 Å². The van der Waals surface area contributed by atoms with Crippen LogP contribution in [0.3, 0.4) is 0 Å². The monoisotopic (exact) mass is 176 g/mol. The lowest BCUT2D eigenvalue weighted by Gasteiger charge is -2.03. The molecule has 0 nitrogen and oxygen atoms in total. The van der Waals surface area contributed by atoms with Crippen LogP contribution in [-0.2, 0) is 0 Å². The highest BCUT2D eigenvalue weighted by atomic mass is 14.1. The van der Waals surface area contributed by atoms with E-state index in [1.54, 1.807) is 0 Å². The number of rotatable bonds is 3. The molecule has 0 heterocycles. The standard InChI is InChI=1S/C13H20/c1-4-12-6-5-7-13(9-8-12)10-11(2)3/h5,7-9,11H,4,6,10H2,1-3H3. The molecule has 0 aromatic rings. The lowest BCUT2D eigenvalue weighted by Crippen LogP contribution is -1.88.